The predicted molar refractivity (Wildman–Crippen MR) is 142 cm³/mol. The van der Waals surface area contributed by atoms with E-state index in [1.165, 1.54) is 24.7 Å². The Balaban J connectivity index is 1.79. The minimum atomic E-state index is -0.673. The van der Waals surface area contributed by atoms with Crippen LogP contribution in [0.2, 0.25) is 0 Å². The summed E-state index contributed by atoms with van der Waals surface area (Å²) in [5, 5.41) is 2.44. The van der Waals surface area contributed by atoms with Crippen LogP contribution in [0, 0.1) is 11.8 Å². The number of nitrogens with two attached hydrogens (primary N) is 1. The van der Waals surface area contributed by atoms with Gasteiger partial charge in [0.25, 0.3) is 11.5 Å². The van der Waals surface area contributed by atoms with Crippen LogP contribution in [-0.2, 0) is 24.9 Å². The highest BCUT2D eigenvalue weighted by Crippen LogP contribution is 2.23. The number of carbonyl (C=O) groups is 2. The van der Waals surface area contributed by atoms with E-state index in [-0.39, 0.29) is 47.6 Å². The first-order valence-corrected chi connectivity index (χ1v) is 12.3. The maximum atomic E-state index is 13.7. The third-order valence-corrected chi connectivity index (χ3v) is 6.49. The largest absolute Gasteiger partial charge is 0.483 e. The number of imidazole rings is 1. The predicted octanol–water partition coefficient (Wildman–Crippen LogP) is -0.145. The van der Waals surface area contributed by atoms with Crippen molar-refractivity contribution in [2.75, 3.05) is 31.6 Å². The van der Waals surface area contributed by atoms with Crippen LogP contribution in [0.5, 0.6) is 5.75 Å². The molecule has 1 fully saturated rings. The number of aryl methyl sites for hydroxylation is 1. The third kappa shape index (κ3) is 5.19. The molecular weight excluding hydrogens is 490 g/mol. The molecule has 4 rings (SSSR count). The lowest BCUT2D eigenvalue weighted by Crippen LogP contribution is -2.44. The van der Waals surface area contributed by atoms with Crippen LogP contribution in [-0.4, -0.2) is 63.2 Å². The van der Waals surface area contributed by atoms with Crippen molar-refractivity contribution in [3.8, 4) is 17.6 Å². The van der Waals surface area contributed by atoms with E-state index in [0.717, 1.165) is 17.4 Å². The number of hydrogen-bond donors (Lipinski definition) is 2. The van der Waals surface area contributed by atoms with Crippen LogP contribution < -0.4 is 31.9 Å². The molecule has 1 aliphatic rings. The zero-order valence-corrected chi connectivity index (χ0v) is 21.7. The van der Waals surface area contributed by atoms with Gasteiger partial charge in [-0.25, -0.2) is 4.79 Å². The number of Topliss-reactive ketones (excluding diaryl/α,β-unsaturated/α-hetero) is 1. The number of ether oxygens (including phenoxy) is 1. The van der Waals surface area contributed by atoms with Crippen molar-refractivity contribution in [2.45, 2.75) is 38.9 Å². The van der Waals surface area contributed by atoms with Crippen molar-refractivity contribution in [3.63, 3.8) is 0 Å². The number of amides is 1. The molecule has 12 heteroatoms. The van der Waals surface area contributed by atoms with Gasteiger partial charge in [-0.2, -0.15) is 4.98 Å². The standard InChI is InChI=1S/C26H31N7O5/c1-4-5-13-32-22-23(29-25(32)31-12-8-9-17(27)14-31)30(3)26(37)33(24(22)36)15-19(34)18-10-6-7-11-20(18)38-16-21(35)28-2/h6-7,10-11,17H,8-9,12-16,27H2,1-3H3,(H,28,35). The van der Waals surface area contributed by atoms with E-state index in [4.69, 9.17) is 10.5 Å². The Morgan fingerprint density at radius 1 is 1.24 bits per heavy atom. The van der Waals surface area contributed by atoms with Gasteiger partial charge in [-0.15, -0.1) is 5.92 Å². The molecule has 1 aromatic carbocycles. The Morgan fingerprint density at radius 3 is 2.71 bits per heavy atom. The molecule has 1 aliphatic heterocycles. The summed E-state index contributed by atoms with van der Waals surface area (Å²) in [5.74, 6) is 5.63. The number of likely N-dealkylation sites (N-methyl/N-ethyl adjacent to an activating group) is 1. The fourth-order valence-electron chi connectivity index (χ4n) is 4.51. The second-order valence-corrected chi connectivity index (χ2v) is 9.06. The summed E-state index contributed by atoms with van der Waals surface area (Å²) in [5.41, 5.74) is 5.42. The molecule has 0 spiro atoms. The Hall–Kier alpha value is -4.37. The molecule has 2 aromatic heterocycles. The average Bonchev–Trinajstić information content (AvgIpc) is 3.31. The topological polar surface area (TPSA) is 146 Å². The first kappa shape index (κ1) is 26.7. The highest BCUT2D eigenvalue weighted by Gasteiger charge is 2.27. The zero-order valence-electron chi connectivity index (χ0n) is 21.7. The van der Waals surface area contributed by atoms with E-state index in [1.807, 2.05) is 4.90 Å². The number of piperidine rings is 1. The van der Waals surface area contributed by atoms with E-state index in [9.17, 15) is 19.2 Å². The SMILES string of the molecule is CC#CCn1c(N2CCCC(N)C2)nc2c1c(=O)n(CC(=O)c1ccccc1OCC(=O)NC)c(=O)n2C. The molecule has 1 unspecified atom stereocenters. The van der Waals surface area contributed by atoms with Gasteiger partial charge in [-0.3, -0.25) is 28.1 Å². The first-order valence-electron chi connectivity index (χ1n) is 12.3. The Morgan fingerprint density at radius 2 is 2.00 bits per heavy atom. The summed E-state index contributed by atoms with van der Waals surface area (Å²) in [7, 11) is 2.99. The van der Waals surface area contributed by atoms with Gasteiger partial charge >= 0.3 is 5.69 Å². The summed E-state index contributed by atoms with van der Waals surface area (Å²) >= 11 is 0. The monoisotopic (exact) mass is 521 g/mol. The molecule has 3 heterocycles. The molecule has 0 aliphatic carbocycles. The highest BCUT2D eigenvalue weighted by molar-refractivity contribution is 5.98. The number of carbonyl (C=O) groups excluding carboxylic acids is 2. The fraction of sp³-hybridized carbons (Fsp3) is 0.423. The molecule has 200 valence electrons. The average molecular weight is 522 g/mol. The summed E-state index contributed by atoms with van der Waals surface area (Å²) in [4.78, 5) is 58.5. The number of fused-ring (bicyclic) bond motifs is 1. The fourth-order valence-corrected chi connectivity index (χ4v) is 4.51. The maximum Gasteiger partial charge on any atom is 0.332 e. The number of nitrogens with one attached hydrogen (secondary N) is 1. The van der Waals surface area contributed by atoms with Crippen LogP contribution in [0.15, 0.2) is 33.9 Å². The molecule has 0 saturated carbocycles. The van der Waals surface area contributed by atoms with Gasteiger partial charge in [-0.1, -0.05) is 18.1 Å². The smallest absolute Gasteiger partial charge is 0.332 e. The molecule has 0 bridgehead atoms. The molecule has 3 N–H and O–H groups in total. The van der Waals surface area contributed by atoms with Crippen molar-refractivity contribution < 1.29 is 14.3 Å². The van der Waals surface area contributed by atoms with E-state index < -0.39 is 23.6 Å². The Kier molecular flexibility index (Phi) is 7.97. The number of ketones is 1. The van der Waals surface area contributed by atoms with Gasteiger partial charge in [-0.05, 0) is 31.9 Å². The molecule has 1 amide bonds. The summed E-state index contributed by atoms with van der Waals surface area (Å²) < 4.78 is 9.34. The van der Waals surface area contributed by atoms with E-state index >= 15 is 0 Å². The second kappa shape index (κ2) is 11.4. The number of para-hydroxylation sites is 1. The van der Waals surface area contributed by atoms with Crippen LogP contribution in [0.4, 0.5) is 5.95 Å². The summed E-state index contributed by atoms with van der Waals surface area (Å²) in [6.07, 6.45) is 1.77. The Bertz CT molecular complexity index is 1560. The second-order valence-electron chi connectivity index (χ2n) is 9.06. The molecule has 3 aromatic rings. The number of benzene rings is 1. The summed E-state index contributed by atoms with van der Waals surface area (Å²) in [6, 6.07) is 6.34. The van der Waals surface area contributed by atoms with Crippen LogP contribution in [0.25, 0.3) is 11.2 Å². The quantitative estimate of drug-likeness (QED) is 0.308. The molecular formula is C26H31N7O5. The lowest BCUT2D eigenvalue weighted by atomic mass is 10.1. The third-order valence-electron chi connectivity index (χ3n) is 6.49. The number of aromatic nitrogens is 4. The highest BCUT2D eigenvalue weighted by atomic mass is 16.5. The maximum absolute atomic E-state index is 13.7. The van der Waals surface area contributed by atoms with Gasteiger partial charge in [0.2, 0.25) is 5.95 Å². The van der Waals surface area contributed by atoms with Gasteiger partial charge in [0.15, 0.2) is 23.6 Å². The van der Waals surface area contributed by atoms with E-state index in [2.05, 4.69) is 22.1 Å². The van der Waals surface area contributed by atoms with Gasteiger partial charge in [0.1, 0.15) is 5.75 Å². The molecule has 1 atom stereocenters. The van der Waals surface area contributed by atoms with Crippen molar-refractivity contribution in [1.29, 1.82) is 0 Å². The number of anilines is 1. The normalized spacial score (nSPS) is 15.2. The van der Waals surface area contributed by atoms with E-state index in [1.54, 1.807) is 29.7 Å². The lowest BCUT2D eigenvalue weighted by molar-refractivity contribution is -0.122. The summed E-state index contributed by atoms with van der Waals surface area (Å²) in [6.45, 7) is 2.36. The van der Waals surface area contributed by atoms with Crippen LogP contribution in [0.3, 0.4) is 0 Å². The van der Waals surface area contributed by atoms with Gasteiger partial charge in [0, 0.05) is 33.2 Å². The van der Waals surface area contributed by atoms with Gasteiger partial charge < -0.3 is 20.7 Å². The van der Waals surface area contributed by atoms with Crippen molar-refractivity contribution in [3.05, 3.63) is 50.7 Å². The van der Waals surface area contributed by atoms with Gasteiger partial charge in [0.05, 0.1) is 18.7 Å². The van der Waals surface area contributed by atoms with Crippen LogP contribution >= 0.6 is 0 Å². The van der Waals surface area contributed by atoms with Crippen molar-refractivity contribution >= 4 is 28.8 Å². The van der Waals surface area contributed by atoms with Crippen molar-refractivity contribution in [2.24, 2.45) is 12.8 Å². The molecule has 1 saturated heterocycles. The zero-order chi connectivity index (χ0) is 27.4. The minimum Gasteiger partial charge on any atom is -0.483 e. The molecule has 38 heavy (non-hydrogen) atoms. The lowest BCUT2D eigenvalue weighted by Gasteiger charge is -2.31. The number of rotatable bonds is 8. The molecule has 12 nitrogen and oxygen atoms in total. The first-order chi connectivity index (χ1) is 18.3. The molecule has 0 radical (unpaired) electrons. The van der Waals surface area contributed by atoms with Crippen molar-refractivity contribution in [1.82, 2.24) is 24.0 Å². The number of hydrogen-bond acceptors (Lipinski definition) is 8. The Labute approximate surface area is 219 Å². The minimum absolute atomic E-state index is 0.0296. The van der Waals surface area contributed by atoms with Crippen LogP contribution in [0.1, 0.15) is 30.1 Å². The van der Waals surface area contributed by atoms with E-state index in [0.29, 0.717) is 19.0 Å². The number of nitrogens with zero attached hydrogens (tertiary/aromatic N) is 5.